The summed E-state index contributed by atoms with van der Waals surface area (Å²) >= 11 is 0. The number of hydrogen-bond acceptors (Lipinski definition) is 4. The molecule has 7 aromatic rings. The van der Waals surface area contributed by atoms with Crippen molar-refractivity contribution in [3.05, 3.63) is 125 Å². The fraction of sp³-hybridized carbons (Fsp3) is 0.250. The molecule has 0 radical (unpaired) electrons. The predicted octanol–water partition coefficient (Wildman–Crippen LogP) is 11.4. The van der Waals surface area contributed by atoms with Gasteiger partial charge in [0, 0.05) is 32.9 Å². The predicted molar refractivity (Wildman–Crippen MR) is 196 cm³/mol. The van der Waals surface area contributed by atoms with Crippen molar-refractivity contribution in [3.8, 4) is 45.3 Å². The van der Waals surface area contributed by atoms with E-state index in [1.807, 2.05) is 18.2 Å². The van der Waals surface area contributed by atoms with Crippen LogP contribution in [-0.4, -0.2) is 15.0 Å². The Hall–Kier alpha value is -5.09. The molecule has 4 heteroatoms. The Balaban J connectivity index is 1.25. The van der Waals surface area contributed by atoms with Gasteiger partial charge in [0.15, 0.2) is 17.5 Å². The van der Waals surface area contributed by atoms with Crippen molar-refractivity contribution in [1.82, 2.24) is 15.0 Å². The van der Waals surface area contributed by atoms with Gasteiger partial charge in [-0.3, -0.25) is 0 Å². The molecule has 2 heterocycles. The highest BCUT2D eigenvalue weighted by Crippen LogP contribution is 2.50. The summed E-state index contributed by atoms with van der Waals surface area (Å²) in [4.78, 5) is 15.6. The van der Waals surface area contributed by atoms with Crippen LogP contribution in [0.1, 0.15) is 76.6 Å². The molecule has 4 nitrogen and oxygen atoms in total. The zero-order chi connectivity index (χ0) is 33.0. The quantitative estimate of drug-likeness (QED) is 0.196. The van der Waals surface area contributed by atoms with Crippen LogP contribution in [0, 0.1) is 0 Å². The number of para-hydroxylation sites is 1. The first kappa shape index (κ1) is 29.1. The average Bonchev–Trinajstić information content (AvgIpc) is 3.58. The van der Waals surface area contributed by atoms with Crippen LogP contribution in [-0.2, 0) is 16.2 Å². The normalized spacial score (nSPS) is 16.9. The van der Waals surface area contributed by atoms with Crippen molar-refractivity contribution in [3.63, 3.8) is 0 Å². The molecule has 236 valence electrons. The monoisotopic (exact) mass is 625 g/mol. The number of hydrogen-bond donors (Lipinski definition) is 0. The van der Waals surface area contributed by atoms with Crippen molar-refractivity contribution in [2.24, 2.45) is 0 Å². The molecule has 0 saturated carbocycles. The lowest BCUT2D eigenvalue weighted by Crippen LogP contribution is -2.33. The fourth-order valence-corrected chi connectivity index (χ4v) is 8.20. The Morgan fingerprint density at radius 3 is 1.75 bits per heavy atom. The summed E-state index contributed by atoms with van der Waals surface area (Å²) in [5, 5.41) is 2.14. The highest BCUT2D eigenvalue weighted by atomic mass is 16.3. The van der Waals surface area contributed by atoms with E-state index in [1.165, 1.54) is 39.8 Å². The molecule has 0 aliphatic heterocycles. The topological polar surface area (TPSA) is 51.8 Å². The lowest BCUT2D eigenvalue weighted by molar-refractivity contribution is 0.332. The minimum atomic E-state index is -0.120. The molecule has 0 fully saturated rings. The molecule has 0 amide bonds. The summed E-state index contributed by atoms with van der Waals surface area (Å²) in [6, 6.07) is 36.8. The van der Waals surface area contributed by atoms with E-state index in [-0.39, 0.29) is 16.2 Å². The molecule has 48 heavy (non-hydrogen) atoms. The molecule has 0 atom stereocenters. The number of nitrogens with zero attached hydrogens (tertiary/aromatic N) is 3. The maximum absolute atomic E-state index is 6.15. The van der Waals surface area contributed by atoms with Crippen LogP contribution in [0.5, 0.6) is 0 Å². The maximum atomic E-state index is 6.15. The Bertz CT molecular complexity index is 2440. The lowest BCUT2D eigenvalue weighted by atomic mass is 9.63. The molecule has 0 unspecified atom stereocenters. The van der Waals surface area contributed by atoms with Crippen molar-refractivity contribution in [2.75, 3.05) is 0 Å². The van der Waals surface area contributed by atoms with Crippen molar-refractivity contribution in [2.45, 2.75) is 70.6 Å². The third-order valence-electron chi connectivity index (χ3n) is 11.2. The zero-order valence-corrected chi connectivity index (χ0v) is 28.5. The highest BCUT2D eigenvalue weighted by Gasteiger charge is 2.38. The van der Waals surface area contributed by atoms with Crippen LogP contribution in [0.25, 0.3) is 67.2 Å². The summed E-state index contributed by atoms with van der Waals surface area (Å²) in [5.74, 6) is 2.03. The Morgan fingerprint density at radius 2 is 1.00 bits per heavy atom. The summed E-state index contributed by atoms with van der Waals surface area (Å²) in [7, 11) is 0. The minimum Gasteiger partial charge on any atom is -0.456 e. The first-order chi connectivity index (χ1) is 23.0. The summed E-state index contributed by atoms with van der Waals surface area (Å²) < 4.78 is 6.15. The van der Waals surface area contributed by atoms with Gasteiger partial charge in [0.1, 0.15) is 11.2 Å². The van der Waals surface area contributed by atoms with E-state index in [0.29, 0.717) is 17.5 Å². The van der Waals surface area contributed by atoms with Crippen LogP contribution < -0.4 is 0 Å². The second kappa shape index (κ2) is 9.96. The Labute approximate surface area is 281 Å². The van der Waals surface area contributed by atoms with Crippen LogP contribution in [0.15, 0.2) is 108 Å². The molecule has 5 aromatic carbocycles. The average molecular weight is 626 g/mol. The van der Waals surface area contributed by atoms with E-state index in [2.05, 4.69) is 126 Å². The second-order valence-electron chi connectivity index (χ2n) is 15.6. The molecule has 0 spiro atoms. The summed E-state index contributed by atoms with van der Waals surface area (Å²) in [6.07, 6.45) is 2.33. The third-order valence-corrected chi connectivity index (χ3v) is 11.2. The smallest absolute Gasteiger partial charge is 0.164 e. The van der Waals surface area contributed by atoms with Gasteiger partial charge in [-0.2, -0.15) is 0 Å². The zero-order valence-electron chi connectivity index (χ0n) is 28.5. The van der Waals surface area contributed by atoms with Crippen LogP contribution in [0.3, 0.4) is 0 Å². The first-order valence-corrected chi connectivity index (χ1v) is 17.1. The van der Waals surface area contributed by atoms with Gasteiger partial charge in [-0.05, 0) is 93.5 Å². The molecule has 2 aliphatic rings. The van der Waals surface area contributed by atoms with E-state index >= 15 is 0 Å². The molecule has 2 aromatic heterocycles. The molecular formula is C44H39N3O. The molecule has 0 N–H and O–H groups in total. The Morgan fingerprint density at radius 1 is 0.458 bits per heavy atom. The van der Waals surface area contributed by atoms with Gasteiger partial charge in [-0.1, -0.05) is 108 Å². The number of aromatic nitrogens is 3. The van der Waals surface area contributed by atoms with Crippen molar-refractivity contribution >= 4 is 21.9 Å². The number of furan rings is 1. The summed E-state index contributed by atoms with van der Waals surface area (Å²) in [6.45, 7) is 14.1. The van der Waals surface area contributed by atoms with E-state index in [0.717, 1.165) is 45.0 Å². The molecule has 0 bridgehead atoms. The van der Waals surface area contributed by atoms with Gasteiger partial charge in [0.05, 0.1) is 0 Å². The minimum absolute atomic E-state index is 0.0769. The maximum Gasteiger partial charge on any atom is 0.164 e. The molecule has 0 saturated heterocycles. The largest absolute Gasteiger partial charge is 0.456 e. The lowest BCUT2D eigenvalue weighted by Gasteiger charge is -2.42. The van der Waals surface area contributed by atoms with E-state index in [1.54, 1.807) is 0 Å². The SMILES string of the molecule is CC1(C)CCC(C)(C)c2cc(-c3nc(-c4ccc5c(c4)C(C)(C)c4ccccc4-5)nc(-c4ccc5oc6ccccc6c5c4)n3)ccc21. The third kappa shape index (κ3) is 4.31. The number of rotatable bonds is 3. The Kier molecular flexibility index (Phi) is 6.04. The van der Waals surface area contributed by atoms with Gasteiger partial charge < -0.3 is 4.42 Å². The van der Waals surface area contributed by atoms with E-state index in [4.69, 9.17) is 19.4 Å². The summed E-state index contributed by atoms with van der Waals surface area (Å²) in [5.41, 5.74) is 12.8. The van der Waals surface area contributed by atoms with Gasteiger partial charge in [0.25, 0.3) is 0 Å². The fourth-order valence-electron chi connectivity index (χ4n) is 8.20. The number of benzene rings is 5. The molecular weight excluding hydrogens is 587 g/mol. The van der Waals surface area contributed by atoms with Crippen LogP contribution >= 0.6 is 0 Å². The number of fused-ring (bicyclic) bond motifs is 7. The van der Waals surface area contributed by atoms with E-state index in [9.17, 15) is 0 Å². The van der Waals surface area contributed by atoms with Gasteiger partial charge in [-0.25, -0.2) is 15.0 Å². The molecule has 2 aliphatic carbocycles. The van der Waals surface area contributed by atoms with Crippen molar-refractivity contribution in [1.29, 1.82) is 0 Å². The highest BCUT2D eigenvalue weighted by molar-refractivity contribution is 6.06. The van der Waals surface area contributed by atoms with Crippen LogP contribution in [0.2, 0.25) is 0 Å². The van der Waals surface area contributed by atoms with Gasteiger partial charge in [0.2, 0.25) is 0 Å². The molecule has 9 rings (SSSR count). The van der Waals surface area contributed by atoms with E-state index < -0.39 is 0 Å². The van der Waals surface area contributed by atoms with Crippen molar-refractivity contribution < 1.29 is 4.42 Å². The van der Waals surface area contributed by atoms with Gasteiger partial charge in [-0.15, -0.1) is 0 Å². The standard InChI is InChI=1S/C44H39N3O/c1-42(2)21-22-43(3,4)36-25-28(16-19-34(36)42)41-46-39(26-17-20-38-32(23-26)31-12-8-10-14-37(31)48-38)45-40(47-41)27-15-18-30-29-11-7-9-13-33(29)44(5,6)35(30)24-27/h7-20,23-25H,21-22H2,1-6H3. The van der Waals surface area contributed by atoms with Crippen LogP contribution in [0.4, 0.5) is 0 Å². The van der Waals surface area contributed by atoms with Gasteiger partial charge >= 0.3 is 0 Å². The second-order valence-corrected chi connectivity index (χ2v) is 15.6. The first-order valence-electron chi connectivity index (χ1n) is 17.1.